The van der Waals surface area contributed by atoms with Gasteiger partial charge in [-0.3, -0.25) is 4.79 Å². The van der Waals surface area contributed by atoms with Crippen molar-refractivity contribution in [2.24, 2.45) is 0 Å². The van der Waals surface area contributed by atoms with Crippen LogP contribution in [-0.2, 0) is 16.1 Å². The van der Waals surface area contributed by atoms with E-state index in [9.17, 15) is 9.90 Å². The zero-order valence-electron chi connectivity index (χ0n) is 18.5. The fraction of sp³-hybridized carbons (Fsp3) is 0.192. The summed E-state index contributed by atoms with van der Waals surface area (Å²) in [6.07, 6.45) is 3.02. The Labute approximate surface area is 192 Å². The van der Waals surface area contributed by atoms with Crippen molar-refractivity contribution in [2.45, 2.75) is 6.61 Å². The van der Waals surface area contributed by atoms with Crippen LogP contribution in [-0.4, -0.2) is 38.7 Å². The Morgan fingerprint density at radius 1 is 0.848 bits per heavy atom. The molecule has 0 radical (unpaired) electrons. The van der Waals surface area contributed by atoms with Gasteiger partial charge in [0.1, 0.15) is 18.1 Å². The van der Waals surface area contributed by atoms with Gasteiger partial charge in [0.15, 0.2) is 30.9 Å². The molecule has 0 aliphatic carbocycles. The zero-order chi connectivity index (χ0) is 23.5. The molecule has 0 saturated carbocycles. The lowest BCUT2D eigenvalue weighted by Gasteiger charge is -2.13. The van der Waals surface area contributed by atoms with E-state index in [2.05, 4.69) is 0 Å². The van der Waals surface area contributed by atoms with E-state index in [0.29, 0.717) is 23.9 Å². The molecule has 172 valence electrons. The van der Waals surface area contributed by atoms with Crippen molar-refractivity contribution in [1.82, 2.24) is 0 Å². The number of phenols is 1. The number of phenolic OH excluding ortho intramolecular Hbond substituents is 1. The lowest BCUT2D eigenvalue weighted by atomic mass is 10.1. The van der Waals surface area contributed by atoms with Crippen LogP contribution in [0.2, 0.25) is 0 Å². The fourth-order valence-electron chi connectivity index (χ4n) is 2.92. The Morgan fingerprint density at radius 3 is 2.33 bits per heavy atom. The van der Waals surface area contributed by atoms with Gasteiger partial charge in [0, 0.05) is 20.3 Å². The second-order valence-corrected chi connectivity index (χ2v) is 6.96. The van der Waals surface area contributed by atoms with E-state index in [1.165, 1.54) is 32.4 Å². The van der Waals surface area contributed by atoms with Crippen LogP contribution in [0.1, 0.15) is 21.5 Å². The molecule has 7 heteroatoms. The number of aromatic hydroxyl groups is 1. The monoisotopic (exact) mass is 450 g/mol. The maximum absolute atomic E-state index is 12.6. The van der Waals surface area contributed by atoms with Crippen molar-refractivity contribution < 1.29 is 33.6 Å². The molecule has 0 aromatic heterocycles. The van der Waals surface area contributed by atoms with Gasteiger partial charge in [-0.2, -0.15) is 0 Å². The van der Waals surface area contributed by atoms with Crippen LogP contribution in [0.25, 0.3) is 6.08 Å². The summed E-state index contributed by atoms with van der Waals surface area (Å²) in [4.78, 5) is 12.6. The Morgan fingerprint density at radius 2 is 1.61 bits per heavy atom. The molecule has 0 heterocycles. The third-order valence-electron chi connectivity index (χ3n) is 4.54. The lowest BCUT2D eigenvalue weighted by molar-refractivity contribution is 0.0484. The summed E-state index contributed by atoms with van der Waals surface area (Å²) in [6, 6.07) is 19.6. The number of carbonyl (C=O) groups is 1. The van der Waals surface area contributed by atoms with Crippen molar-refractivity contribution in [3.8, 4) is 23.0 Å². The second-order valence-electron chi connectivity index (χ2n) is 6.96. The van der Waals surface area contributed by atoms with E-state index in [1.807, 2.05) is 36.4 Å². The average molecular weight is 450 g/mol. The number of ketones is 1. The van der Waals surface area contributed by atoms with E-state index in [0.717, 1.165) is 11.1 Å². The van der Waals surface area contributed by atoms with E-state index < -0.39 is 0 Å². The van der Waals surface area contributed by atoms with Crippen LogP contribution in [0.5, 0.6) is 23.0 Å². The highest BCUT2D eigenvalue weighted by molar-refractivity contribution is 6.08. The van der Waals surface area contributed by atoms with E-state index in [-0.39, 0.29) is 30.7 Å². The van der Waals surface area contributed by atoms with Crippen molar-refractivity contribution in [3.05, 3.63) is 89.5 Å². The summed E-state index contributed by atoms with van der Waals surface area (Å²) in [6.45, 7) is 0.492. The highest BCUT2D eigenvalue weighted by Gasteiger charge is 2.11. The van der Waals surface area contributed by atoms with Crippen molar-refractivity contribution in [2.75, 3.05) is 27.8 Å². The molecule has 7 nitrogen and oxygen atoms in total. The number of hydrogen-bond donors (Lipinski definition) is 1. The number of methoxy groups -OCH3 is 2. The van der Waals surface area contributed by atoms with Crippen molar-refractivity contribution >= 4 is 11.9 Å². The smallest absolute Gasteiger partial charge is 0.189 e. The minimum Gasteiger partial charge on any atom is -0.507 e. The highest BCUT2D eigenvalue weighted by Crippen LogP contribution is 2.30. The number of hydrogen-bond acceptors (Lipinski definition) is 7. The molecule has 0 aliphatic rings. The number of benzene rings is 3. The lowest BCUT2D eigenvalue weighted by Crippen LogP contribution is -2.03. The third-order valence-corrected chi connectivity index (χ3v) is 4.54. The molecule has 0 spiro atoms. The summed E-state index contributed by atoms with van der Waals surface area (Å²) in [7, 11) is 3.03. The van der Waals surface area contributed by atoms with E-state index in [4.69, 9.17) is 23.7 Å². The van der Waals surface area contributed by atoms with Gasteiger partial charge in [0.2, 0.25) is 0 Å². The molecule has 0 atom stereocenters. The molecule has 0 bridgehead atoms. The van der Waals surface area contributed by atoms with Gasteiger partial charge >= 0.3 is 0 Å². The van der Waals surface area contributed by atoms with Gasteiger partial charge in [0.05, 0.1) is 5.56 Å². The molecule has 3 aromatic carbocycles. The van der Waals surface area contributed by atoms with Crippen molar-refractivity contribution in [3.63, 3.8) is 0 Å². The third kappa shape index (κ3) is 7.10. The molecule has 0 amide bonds. The summed E-state index contributed by atoms with van der Waals surface area (Å²) < 4.78 is 26.6. The van der Waals surface area contributed by atoms with Crippen LogP contribution in [0.3, 0.4) is 0 Å². The first kappa shape index (κ1) is 23.8. The van der Waals surface area contributed by atoms with Crippen LogP contribution in [0.4, 0.5) is 0 Å². The number of allylic oxidation sites excluding steroid dienone is 1. The van der Waals surface area contributed by atoms with Crippen LogP contribution < -0.4 is 14.2 Å². The predicted molar refractivity (Wildman–Crippen MR) is 124 cm³/mol. The van der Waals surface area contributed by atoms with Gasteiger partial charge in [-0.1, -0.05) is 42.5 Å². The van der Waals surface area contributed by atoms with Gasteiger partial charge in [-0.05, 0) is 41.5 Å². The SMILES string of the molecule is COCOc1ccc(C(=O)C=Cc2ccc(OCc3ccccc3)c(OCOC)c2)c(O)c1. The van der Waals surface area contributed by atoms with E-state index in [1.54, 1.807) is 24.3 Å². The minimum atomic E-state index is -0.352. The topological polar surface area (TPSA) is 83.5 Å². The summed E-state index contributed by atoms with van der Waals surface area (Å²) in [5, 5.41) is 10.2. The molecule has 33 heavy (non-hydrogen) atoms. The maximum atomic E-state index is 12.6. The summed E-state index contributed by atoms with van der Waals surface area (Å²) in [5.74, 6) is 0.927. The van der Waals surface area contributed by atoms with E-state index >= 15 is 0 Å². The van der Waals surface area contributed by atoms with Gasteiger partial charge in [0.25, 0.3) is 0 Å². The number of rotatable bonds is 12. The minimum absolute atomic E-state index is 0.0468. The molecule has 0 saturated heterocycles. The molecule has 3 rings (SSSR count). The molecule has 0 fully saturated rings. The first-order valence-electron chi connectivity index (χ1n) is 10.2. The molecule has 0 unspecified atom stereocenters. The molecule has 1 N–H and O–H groups in total. The Bertz CT molecular complexity index is 1080. The van der Waals surface area contributed by atoms with Crippen LogP contribution >= 0.6 is 0 Å². The fourth-order valence-corrected chi connectivity index (χ4v) is 2.92. The molecular weight excluding hydrogens is 424 g/mol. The summed E-state index contributed by atoms with van der Waals surface area (Å²) >= 11 is 0. The Kier molecular flexibility index (Phi) is 8.88. The molecule has 0 aliphatic heterocycles. The van der Waals surface area contributed by atoms with Gasteiger partial charge in [-0.15, -0.1) is 0 Å². The van der Waals surface area contributed by atoms with Gasteiger partial charge < -0.3 is 28.8 Å². The largest absolute Gasteiger partial charge is 0.507 e. The average Bonchev–Trinajstić information content (AvgIpc) is 2.84. The zero-order valence-corrected chi connectivity index (χ0v) is 18.5. The first-order chi connectivity index (χ1) is 16.1. The summed E-state index contributed by atoms with van der Waals surface area (Å²) in [5.41, 5.74) is 1.92. The number of ether oxygens (including phenoxy) is 5. The normalized spacial score (nSPS) is 10.8. The van der Waals surface area contributed by atoms with Crippen LogP contribution in [0, 0.1) is 0 Å². The maximum Gasteiger partial charge on any atom is 0.189 e. The molecular formula is C26H26O7. The quantitative estimate of drug-likeness (QED) is 0.240. The highest BCUT2D eigenvalue weighted by atomic mass is 16.7. The number of carbonyl (C=O) groups excluding carboxylic acids is 1. The van der Waals surface area contributed by atoms with Crippen molar-refractivity contribution in [1.29, 1.82) is 0 Å². The van der Waals surface area contributed by atoms with Gasteiger partial charge in [-0.25, -0.2) is 0 Å². The molecule has 3 aromatic rings. The Hall–Kier alpha value is -3.81. The standard InChI is InChI=1S/C26H26O7/c1-29-17-32-21-10-11-22(24(28)15-21)23(27)12-8-19-9-13-25(26(14-19)33-18-30-2)31-16-20-6-4-3-5-7-20/h3-15,28H,16-18H2,1-2H3. The second kappa shape index (κ2) is 12.3. The van der Waals surface area contributed by atoms with Crippen LogP contribution in [0.15, 0.2) is 72.8 Å². The predicted octanol–water partition coefficient (Wildman–Crippen LogP) is 4.83. The Balaban J connectivity index is 1.72. The first-order valence-corrected chi connectivity index (χ1v) is 10.2.